The molecule has 128 valence electrons. The van der Waals surface area contributed by atoms with Gasteiger partial charge in [0, 0.05) is 3.57 Å². The highest BCUT2D eigenvalue weighted by molar-refractivity contribution is 14.1. The summed E-state index contributed by atoms with van der Waals surface area (Å²) in [6.07, 6.45) is 6.91. The van der Waals surface area contributed by atoms with Gasteiger partial charge < -0.3 is 14.9 Å². The number of ether oxygens (including phenoxy) is 1. The van der Waals surface area contributed by atoms with Gasteiger partial charge in [0.2, 0.25) is 0 Å². The zero-order valence-electron chi connectivity index (χ0n) is 13.8. The third-order valence-electron chi connectivity index (χ3n) is 3.84. The molecule has 0 radical (unpaired) electrons. The number of hydrogen-bond donors (Lipinski definition) is 2. The number of unbranched alkanes of at least 4 members (excludes halogenated alkanes) is 1. The number of phenolic OH excluding ortho intramolecular Hbond substituents is 1. The molecule has 0 aliphatic carbocycles. The van der Waals surface area contributed by atoms with Crippen LogP contribution < -0.4 is 4.74 Å². The van der Waals surface area contributed by atoms with Crippen molar-refractivity contribution in [3.8, 4) is 11.5 Å². The van der Waals surface area contributed by atoms with Crippen LogP contribution in [0.3, 0.4) is 0 Å². The maximum absolute atomic E-state index is 10.0. The van der Waals surface area contributed by atoms with Gasteiger partial charge in [-0.05, 0) is 77.2 Å². The molecule has 0 fully saturated rings. The summed E-state index contributed by atoms with van der Waals surface area (Å²) in [5.74, 6) is 0.672. The molecule has 1 unspecified atom stereocenters. The third kappa shape index (κ3) is 6.17. The molecule has 0 bridgehead atoms. The van der Waals surface area contributed by atoms with Gasteiger partial charge in [0.05, 0.1) is 13.2 Å². The lowest BCUT2D eigenvalue weighted by atomic mass is 10.0. The molecular formula is C20H23IO3. The summed E-state index contributed by atoms with van der Waals surface area (Å²) in [6, 6.07) is 13.7. The van der Waals surface area contributed by atoms with E-state index in [2.05, 4.69) is 34.7 Å². The lowest BCUT2D eigenvalue weighted by Gasteiger charge is -2.08. The quantitative estimate of drug-likeness (QED) is 0.460. The number of halogens is 1. The van der Waals surface area contributed by atoms with E-state index < -0.39 is 6.10 Å². The molecule has 1 atom stereocenters. The van der Waals surface area contributed by atoms with Gasteiger partial charge in [-0.25, -0.2) is 0 Å². The van der Waals surface area contributed by atoms with Crippen molar-refractivity contribution >= 4 is 28.7 Å². The van der Waals surface area contributed by atoms with Gasteiger partial charge in [-0.2, -0.15) is 0 Å². The molecule has 0 heterocycles. The van der Waals surface area contributed by atoms with E-state index in [0.29, 0.717) is 5.75 Å². The molecule has 0 aromatic heterocycles. The van der Waals surface area contributed by atoms with Crippen LogP contribution in [-0.2, 0) is 6.42 Å². The van der Waals surface area contributed by atoms with Crippen LogP contribution in [0.1, 0.15) is 30.4 Å². The Bertz CT molecular complexity index is 665. The second-order valence-electron chi connectivity index (χ2n) is 5.73. The molecule has 2 aromatic rings. The van der Waals surface area contributed by atoms with Gasteiger partial charge in [-0.15, -0.1) is 0 Å². The van der Waals surface area contributed by atoms with E-state index in [1.54, 1.807) is 19.2 Å². The molecule has 0 amide bonds. The van der Waals surface area contributed by atoms with Gasteiger partial charge in [-0.1, -0.05) is 36.8 Å². The van der Waals surface area contributed by atoms with Crippen LogP contribution in [0.4, 0.5) is 0 Å². The van der Waals surface area contributed by atoms with Crippen molar-refractivity contribution in [2.45, 2.75) is 31.8 Å². The minimum Gasteiger partial charge on any atom is -0.504 e. The summed E-state index contributed by atoms with van der Waals surface area (Å²) >= 11 is 2.28. The number of aromatic hydroxyl groups is 1. The fourth-order valence-corrected chi connectivity index (χ4v) is 2.83. The first kappa shape index (κ1) is 18.8. The standard InChI is InChI=1S/C20H23IO3/c1-24-20-13-9-16(14-19(20)23)4-2-3-5-18(22)12-8-15-6-10-17(21)11-7-15/h6-14,18,22-23H,2-5H2,1H3/b12-8+. The fourth-order valence-electron chi connectivity index (χ4n) is 2.47. The molecule has 0 saturated heterocycles. The first-order valence-corrected chi connectivity index (χ1v) is 9.14. The van der Waals surface area contributed by atoms with Crippen LogP contribution in [-0.4, -0.2) is 23.4 Å². The van der Waals surface area contributed by atoms with Gasteiger partial charge in [0.25, 0.3) is 0 Å². The smallest absolute Gasteiger partial charge is 0.160 e. The summed E-state index contributed by atoms with van der Waals surface area (Å²) in [5.41, 5.74) is 2.18. The predicted molar refractivity (Wildman–Crippen MR) is 106 cm³/mol. The number of aliphatic hydroxyl groups excluding tert-OH is 1. The van der Waals surface area contributed by atoms with E-state index in [-0.39, 0.29) is 5.75 Å². The maximum Gasteiger partial charge on any atom is 0.160 e. The summed E-state index contributed by atoms with van der Waals surface area (Å²) in [6.45, 7) is 0. The second kappa shape index (κ2) is 9.69. The van der Waals surface area contributed by atoms with Gasteiger partial charge in [0.1, 0.15) is 0 Å². The van der Waals surface area contributed by atoms with Crippen LogP contribution in [0.2, 0.25) is 0 Å². The number of phenols is 1. The average Bonchev–Trinajstić information content (AvgIpc) is 2.58. The Labute approximate surface area is 157 Å². The maximum atomic E-state index is 10.0. The SMILES string of the molecule is COc1ccc(CCCCC(O)/C=C/c2ccc(I)cc2)cc1O. The summed E-state index contributed by atoms with van der Waals surface area (Å²) < 4.78 is 6.24. The summed E-state index contributed by atoms with van der Waals surface area (Å²) in [4.78, 5) is 0. The highest BCUT2D eigenvalue weighted by atomic mass is 127. The van der Waals surface area contributed by atoms with Crippen LogP contribution >= 0.6 is 22.6 Å². The number of methoxy groups -OCH3 is 1. The Morgan fingerprint density at radius 1 is 1.12 bits per heavy atom. The van der Waals surface area contributed by atoms with E-state index >= 15 is 0 Å². The zero-order chi connectivity index (χ0) is 17.4. The number of rotatable bonds is 8. The van der Waals surface area contributed by atoms with Crippen molar-refractivity contribution in [1.82, 2.24) is 0 Å². The molecule has 4 heteroatoms. The molecule has 0 spiro atoms. The number of aryl methyl sites for hydroxylation is 1. The largest absolute Gasteiger partial charge is 0.504 e. The van der Waals surface area contributed by atoms with Crippen molar-refractivity contribution in [1.29, 1.82) is 0 Å². The van der Waals surface area contributed by atoms with Crippen molar-refractivity contribution in [2.24, 2.45) is 0 Å². The molecule has 0 aliphatic rings. The topological polar surface area (TPSA) is 49.7 Å². The molecule has 0 aliphatic heterocycles. The zero-order valence-corrected chi connectivity index (χ0v) is 15.9. The van der Waals surface area contributed by atoms with Gasteiger partial charge >= 0.3 is 0 Å². The summed E-state index contributed by atoms with van der Waals surface area (Å²) in [7, 11) is 1.54. The normalized spacial score (nSPS) is 12.5. The van der Waals surface area contributed by atoms with E-state index in [4.69, 9.17) is 4.74 Å². The highest BCUT2D eigenvalue weighted by Crippen LogP contribution is 2.26. The molecule has 2 N–H and O–H groups in total. The minimum atomic E-state index is -0.423. The van der Waals surface area contributed by atoms with Crippen molar-refractivity contribution < 1.29 is 14.9 Å². The van der Waals surface area contributed by atoms with E-state index in [1.165, 1.54) is 3.57 Å². The number of aliphatic hydroxyl groups is 1. The Morgan fingerprint density at radius 2 is 1.88 bits per heavy atom. The molecular weight excluding hydrogens is 415 g/mol. The predicted octanol–water partition coefficient (Wildman–Crippen LogP) is 4.79. The number of hydrogen-bond acceptors (Lipinski definition) is 3. The number of benzene rings is 2. The Hall–Kier alpha value is -1.53. The monoisotopic (exact) mass is 438 g/mol. The first-order chi connectivity index (χ1) is 11.6. The Kier molecular flexibility index (Phi) is 7.59. The molecule has 3 nitrogen and oxygen atoms in total. The third-order valence-corrected chi connectivity index (χ3v) is 4.56. The Balaban J connectivity index is 1.71. The van der Waals surface area contributed by atoms with Gasteiger partial charge in [0.15, 0.2) is 11.5 Å². The summed E-state index contributed by atoms with van der Waals surface area (Å²) in [5, 5.41) is 19.8. The molecule has 0 saturated carbocycles. The van der Waals surface area contributed by atoms with Crippen molar-refractivity contribution in [3.05, 3.63) is 63.2 Å². The molecule has 24 heavy (non-hydrogen) atoms. The van der Waals surface area contributed by atoms with E-state index in [1.807, 2.05) is 30.4 Å². The van der Waals surface area contributed by atoms with Crippen molar-refractivity contribution in [2.75, 3.05) is 7.11 Å². The minimum absolute atomic E-state index is 0.176. The van der Waals surface area contributed by atoms with Crippen LogP contribution in [0.15, 0.2) is 48.5 Å². The molecule has 2 aromatic carbocycles. The van der Waals surface area contributed by atoms with E-state index in [9.17, 15) is 10.2 Å². The highest BCUT2D eigenvalue weighted by Gasteiger charge is 2.03. The Morgan fingerprint density at radius 3 is 2.54 bits per heavy atom. The van der Waals surface area contributed by atoms with Crippen molar-refractivity contribution in [3.63, 3.8) is 0 Å². The van der Waals surface area contributed by atoms with Crippen LogP contribution in [0, 0.1) is 3.57 Å². The second-order valence-corrected chi connectivity index (χ2v) is 6.98. The lowest BCUT2D eigenvalue weighted by molar-refractivity contribution is 0.209. The average molecular weight is 438 g/mol. The van der Waals surface area contributed by atoms with Crippen LogP contribution in [0.5, 0.6) is 11.5 Å². The molecule has 2 rings (SSSR count). The lowest BCUT2D eigenvalue weighted by Crippen LogP contribution is -2.01. The fraction of sp³-hybridized carbons (Fsp3) is 0.300. The van der Waals surface area contributed by atoms with E-state index in [0.717, 1.165) is 36.8 Å². The van der Waals surface area contributed by atoms with Gasteiger partial charge in [-0.3, -0.25) is 0 Å². The van der Waals surface area contributed by atoms with Crippen LogP contribution in [0.25, 0.3) is 6.08 Å². The first-order valence-electron chi connectivity index (χ1n) is 8.06.